The molecule has 0 atom stereocenters. The monoisotopic (exact) mass is 417 g/mol. The van der Waals surface area contributed by atoms with E-state index in [0.717, 1.165) is 19.2 Å². The van der Waals surface area contributed by atoms with Gasteiger partial charge in [-0.05, 0) is 52.1 Å². The number of hydrogen-bond acceptors (Lipinski definition) is 5. The van der Waals surface area contributed by atoms with Crippen LogP contribution in [0, 0.1) is 3.57 Å². The number of nitrogens with zero attached hydrogens (tertiary/aromatic N) is 2. The lowest BCUT2D eigenvalue weighted by Gasteiger charge is -1.96. The van der Waals surface area contributed by atoms with Crippen LogP contribution < -0.4 is 5.32 Å². The van der Waals surface area contributed by atoms with Crippen LogP contribution in [0.25, 0.3) is 6.08 Å². The summed E-state index contributed by atoms with van der Waals surface area (Å²) in [5.41, 5.74) is 0.992. The van der Waals surface area contributed by atoms with Gasteiger partial charge in [0, 0.05) is 9.65 Å². The van der Waals surface area contributed by atoms with Crippen molar-refractivity contribution >= 4 is 62.8 Å². The van der Waals surface area contributed by atoms with Gasteiger partial charge < -0.3 is 0 Å². The molecule has 0 fully saturated rings. The molecule has 104 valence electrons. The van der Waals surface area contributed by atoms with Gasteiger partial charge in [-0.1, -0.05) is 42.2 Å². The molecular formula is C13H12IN3OS2. The Labute approximate surface area is 139 Å². The number of halogens is 1. The summed E-state index contributed by atoms with van der Waals surface area (Å²) in [6.45, 7) is 2.05. The average Bonchev–Trinajstić information content (AvgIpc) is 2.84. The number of hydrogen-bond donors (Lipinski definition) is 1. The smallest absolute Gasteiger partial charge is 0.250 e. The summed E-state index contributed by atoms with van der Waals surface area (Å²) in [6, 6.07) is 7.92. The average molecular weight is 417 g/mol. The fourth-order valence-corrected chi connectivity index (χ4v) is 3.59. The lowest BCUT2D eigenvalue weighted by Crippen LogP contribution is -2.07. The van der Waals surface area contributed by atoms with Crippen LogP contribution in [0.3, 0.4) is 0 Å². The first-order valence-corrected chi connectivity index (χ1v) is 8.76. The maximum atomic E-state index is 11.8. The highest BCUT2D eigenvalue weighted by Gasteiger charge is 2.05. The number of thioether (sulfide) groups is 1. The summed E-state index contributed by atoms with van der Waals surface area (Å²) in [4.78, 5) is 11.8. The van der Waals surface area contributed by atoms with Crippen LogP contribution in [0.4, 0.5) is 5.13 Å². The molecule has 0 aliphatic heterocycles. The predicted molar refractivity (Wildman–Crippen MR) is 93.1 cm³/mol. The zero-order valence-electron chi connectivity index (χ0n) is 10.7. The first-order chi connectivity index (χ1) is 9.67. The standard InChI is InChI=1S/C13H12IN3OS2/c1-2-19-13-17-16-12(20-13)15-11(18)7-6-9-4-3-5-10(14)8-9/h3-8H,2H2,1H3,(H,15,16,18)/b7-6+. The van der Waals surface area contributed by atoms with Gasteiger partial charge >= 0.3 is 0 Å². The summed E-state index contributed by atoms with van der Waals surface area (Å²) >= 11 is 5.23. The first kappa shape index (κ1) is 15.5. The molecular weight excluding hydrogens is 405 g/mol. The van der Waals surface area contributed by atoms with Crippen molar-refractivity contribution in [1.82, 2.24) is 10.2 Å². The number of benzene rings is 1. The summed E-state index contributed by atoms with van der Waals surface area (Å²) < 4.78 is 2.00. The molecule has 4 nitrogen and oxygen atoms in total. The Morgan fingerprint density at radius 1 is 1.50 bits per heavy atom. The summed E-state index contributed by atoms with van der Waals surface area (Å²) in [7, 11) is 0. The Balaban J connectivity index is 1.94. The predicted octanol–water partition coefficient (Wildman–Crippen LogP) is 3.91. The Morgan fingerprint density at radius 3 is 3.10 bits per heavy atom. The van der Waals surface area contributed by atoms with Gasteiger partial charge in [-0.15, -0.1) is 10.2 Å². The van der Waals surface area contributed by atoms with E-state index in [2.05, 4.69) is 38.1 Å². The van der Waals surface area contributed by atoms with Crippen molar-refractivity contribution in [2.24, 2.45) is 0 Å². The fraction of sp³-hybridized carbons (Fsp3) is 0.154. The van der Waals surface area contributed by atoms with Gasteiger partial charge in [-0.25, -0.2) is 0 Å². The SMILES string of the molecule is CCSc1nnc(NC(=O)/C=C/c2cccc(I)c2)s1. The Hall–Kier alpha value is -0.930. The summed E-state index contributed by atoms with van der Waals surface area (Å²) in [5, 5.41) is 11.1. The molecule has 1 N–H and O–H groups in total. The van der Waals surface area contributed by atoms with Crippen molar-refractivity contribution in [1.29, 1.82) is 0 Å². The number of anilines is 1. The minimum atomic E-state index is -0.201. The topological polar surface area (TPSA) is 54.9 Å². The second-order valence-electron chi connectivity index (χ2n) is 3.68. The third kappa shape index (κ3) is 4.88. The maximum absolute atomic E-state index is 11.8. The molecule has 0 unspecified atom stereocenters. The number of nitrogens with one attached hydrogen (secondary N) is 1. The van der Waals surface area contributed by atoms with Gasteiger partial charge in [0.2, 0.25) is 11.0 Å². The Kier molecular flexibility index (Phi) is 5.99. The molecule has 20 heavy (non-hydrogen) atoms. The second kappa shape index (κ2) is 7.75. The van der Waals surface area contributed by atoms with E-state index in [1.165, 1.54) is 17.4 Å². The molecule has 7 heteroatoms. The maximum Gasteiger partial charge on any atom is 0.250 e. The van der Waals surface area contributed by atoms with E-state index in [-0.39, 0.29) is 5.91 Å². The van der Waals surface area contributed by atoms with E-state index in [0.29, 0.717) is 5.13 Å². The van der Waals surface area contributed by atoms with Gasteiger partial charge in [0.1, 0.15) is 0 Å². The zero-order valence-corrected chi connectivity index (χ0v) is 14.5. The van der Waals surface area contributed by atoms with Crippen molar-refractivity contribution in [2.45, 2.75) is 11.3 Å². The molecule has 2 aromatic rings. The third-order valence-electron chi connectivity index (χ3n) is 2.18. The van der Waals surface area contributed by atoms with E-state index >= 15 is 0 Å². The number of carbonyl (C=O) groups is 1. The highest BCUT2D eigenvalue weighted by Crippen LogP contribution is 2.24. The van der Waals surface area contributed by atoms with Crippen LogP contribution in [-0.4, -0.2) is 21.9 Å². The summed E-state index contributed by atoms with van der Waals surface area (Å²) in [5.74, 6) is 0.739. The molecule has 0 spiro atoms. The molecule has 0 aliphatic rings. The van der Waals surface area contributed by atoms with Crippen LogP contribution in [-0.2, 0) is 4.79 Å². The molecule has 2 rings (SSSR count). The molecule has 1 heterocycles. The minimum absolute atomic E-state index is 0.201. The zero-order chi connectivity index (χ0) is 14.4. The lowest BCUT2D eigenvalue weighted by molar-refractivity contribution is -0.111. The number of carbonyl (C=O) groups excluding carboxylic acids is 1. The van der Waals surface area contributed by atoms with Gasteiger partial charge in [0.05, 0.1) is 0 Å². The van der Waals surface area contributed by atoms with Crippen molar-refractivity contribution in [2.75, 3.05) is 11.1 Å². The van der Waals surface area contributed by atoms with Gasteiger partial charge in [0.15, 0.2) is 4.34 Å². The van der Waals surface area contributed by atoms with Crippen LogP contribution in [0.15, 0.2) is 34.7 Å². The van der Waals surface area contributed by atoms with Crippen LogP contribution in [0.1, 0.15) is 12.5 Å². The fourth-order valence-electron chi connectivity index (χ4n) is 1.37. The van der Waals surface area contributed by atoms with E-state index < -0.39 is 0 Å². The molecule has 0 aliphatic carbocycles. The number of aromatic nitrogens is 2. The molecule has 0 bridgehead atoms. The largest absolute Gasteiger partial charge is 0.297 e. The molecule has 1 aromatic heterocycles. The number of amides is 1. The van der Waals surface area contributed by atoms with E-state index in [4.69, 9.17) is 0 Å². The van der Waals surface area contributed by atoms with Crippen molar-refractivity contribution < 1.29 is 4.79 Å². The second-order valence-corrected chi connectivity index (χ2v) is 7.42. The van der Waals surface area contributed by atoms with Crippen molar-refractivity contribution in [3.05, 3.63) is 39.5 Å². The number of rotatable bonds is 5. The van der Waals surface area contributed by atoms with Crippen LogP contribution >= 0.6 is 45.7 Å². The molecule has 0 saturated heterocycles. The van der Waals surface area contributed by atoms with Crippen LogP contribution in [0.5, 0.6) is 0 Å². The molecule has 1 aromatic carbocycles. The molecule has 0 radical (unpaired) electrons. The van der Waals surface area contributed by atoms with Gasteiger partial charge in [-0.2, -0.15) is 0 Å². The van der Waals surface area contributed by atoms with Crippen molar-refractivity contribution in [3.8, 4) is 0 Å². The van der Waals surface area contributed by atoms with Gasteiger partial charge in [-0.3, -0.25) is 10.1 Å². The van der Waals surface area contributed by atoms with E-state index in [1.807, 2.05) is 31.2 Å². The molecule has 1 amide bonds. The first-order valence-electron chi connectivity index (χ1n) is 5.88. The lowest BCUT2D eigenvalue weighted by atomic mass is 10.2. The van der Waals surface area contributed by atoms with Gasteiger partial charge in [0.25, 0.3) is 0 Å². The quantitative estimate of drug-likeness (QED) is 0.347. The normalized spacial score (nSPS) is 10.9. The van der Waals surface area contributed by atoms with Crippen molar-refractivity contribution in [3.63, 3.8) is 0 Å². The molecule has 0 saturated carbocycles. The van der Waals surface area contributed by atoms with E-state index in [9.17, 15) is 4.79 Å². The van der Waals surface area contributed by atoms with E-state index in [1.54, 1.807) is 17.8 Å². The Morgan fingerprint density at radius 2 is 2.35 bits per heavy atom. The van der Waals surface area contributed by atoms with Crippen LogP contribution in [0.2, 0.25) is 0 Å². The highest BCUT2D eigenvalue weighted by atomic mass is 127. The summed E-state index contributed by atoms with van der Waals surface area (Å²) in [6.07, 6.45) is 3.28. The highest BCUT2D eigenvalue weighted by molar-refractivity contribution is 14.1. The minimum Gasteiger partial charge on any atom is -0.297 e. The third-order valence-corrected chi connectivity index (χ3v) is 4.71. The Bertz CT molecular complexity index is 628.